The van der Waals surface area contributed by atoms with Crippen molar-refractivity contribution in [1.29, 1.82) is 0 Å². The summed E-state index contributed by atoms with van der Waals surface area (Å²) < 4.78 is 0.897. The minimum atomic E-state index is -0.754. The number of hydrogen-bond donors (Lipinski definition) is 4. The Kier molecular flexibility index (Phi) is 6.86. The van der Waals surface area contributed by atoms with Gasteiger partial charge in [0.2, 0.25) is 0 Å². The van der Waals surface area contributed by atoms with Crippen molar-refractivity contribution in [2.75, 3.05) is 25.0 Å². The van der Waals surface area contributed by atoms with Gasteiger partial charge in [-0.25, -0.2) is 19.7 Å². The number of aliphatic hydroxyl groups is 2. The van der Waals surface area contributed by atoms with Crippen LogP contribution in [-0.4, -0.2) is 66.3 Å². The van der Waals surface area contributed by atoms with E-state index in [0.717, 1.165) is 44.7 Å². The van der Waals surface area contributed by atoms with Crippen LogP contribution in [0.3, 0.4) is 0 Å². The molecule has 0 radical (unpaired) electrons. The number of nitrogens with one attached hydrogen (secondary N) is 2. The van der Waals surface area contributed by atoms with Crippen molar-refractivity contribution in [3.05, 3.63) is 54.2 Å². The first-order chi connectivity index (χ1) is 17.7. The molecule has 0 aliphatic carbocycles. The molecule has 5 rings (SSSR count). The summed E-state index contributed by atoms with van der Waals surface area (Å²) in [4.78, 5) is 32.2. The fourth-order valence-corrected chi connectivity index (χ4v) is 5.42. The lowest BCUT2D eigenvalue weighted by Gasteiger charge is -2.44. The number of carbonyl (C=O) groups excluding carboxylic acids is 1. The number of thiazole rings is 1. The molecule has 3 aromatic heterocycles. The maximum Gasteiger partial charge on any atom is 0.321 e. The molecule has 1 aliphatic heterocycles. The summed E-state index contributed by atoms with van der Waals surface area (Å²) in [5.74, 6) is 0.353. The minimum absolute atomic E-state index is 0.309. The van der Waals surface area contributed by atoms with Crippen LogP contribution in [0.2, 0.25) is 0 Å². The molecular weight excluding hydrogens is 490 g/mol. The van der Waals surface area contributed by atoms with Crippen molar-refractivity contribution < 1.29 is 15.0 Å². The summed E-state index contributed by atoms with van der Waals surface area (Å²) in [6, 6.07) is 7.68. The first-order valence-electron chi connectivity index (χ1n) is 12.1. The zero-order valence-corrected chi connectivity index (χ0v) is 21.7. The number of amides is 2. The lowest BCUT2D eigenvalue weighted by atomic mass is 9.96. The second kappa shape index (κ2) is 10.1. The Labute approximate surface area is 218 Å². The third-order valence-electron chi connectivity index (χ3n) is 6.06. The number of likely N-dealkylation sites (tertiary alicyclic amines) is 1. The molecular formula is C26H29N7O3S. The van der Waals surface area contributed by atoms with Gasteiger partial charge in [0.15, 0.2) is 11.0 Å². The second-order valence-electron chi connectivity index (χ2n) is 9.57. The number of rotatable bonds is 7. The van der Waals surface area contributed by atoms with E-state index in [-0.39, 0.29) is 6.03 Å². The number of anilines is 1. The molecule has 2 amide bonds. The van der Waals surface area contributed by atoms with Gasteiger partial charge in [-0.1, -0.05) is 11.3 Å². The molecule has 192 valence electrons. The van der Waals surface area contributed by atoms with E-state index >= 15 is 0 Å². The molecule has 1 aliphatic rings. The van der Waals surface area contributed by atoms with Crippen molar-refractivity contribution in [1.82, 2.24) is 30.2 Å². The fraction of sp³-hybridized carbons (Fsp3) is 0.346. The van der Waals surface area contributed by atoms with Gasteiger partial charge in [-0.05, 0) is 56.2 Å². The Bertz CT molecular complexity index is 1430. The predicted octanol–water partition coefficient (Wildman–Crippen LogP) is 3.58. The van der Waals surface area contributed by atoms with Crippen molar-refractivity contribution in [3.8, 4) is 22.4 Å². The zero-order chi connectivity index (χ0) is 26.2. The van der Waals surface area contributed by atoms with Crippen LogP contribution >= 0.6 is 11.3 Å². The van der Waals surface area contributed by atoms with E-state index in [0.29, 0.717) is 30.6 Å². The van der Waals surface area contributed by atoms with Gasteiger partial charge in [0.1, 0.15) is 6.10 Å². The highest BCUT2D eigenvalue weighted by Gasteiger charge is 2.36. The fourth-order valence-electron chi connectivity index (χ4n) is 4.45. The Morgan fingerprint density at radius 3 is 2.62 bits per heavy atom. The van der Waals surface area contributed by atoms with Crippen molar-refractivity contribution in [2.45, 2.75) is 39.0 Å². The number of benzene rings is 1. The summed E-state index contributed by atoms with van der Waals surface area (Å²) in [5.41, 5.74) is 4.47. The molecule has 1 unspecified atom stereocenters. The highest BCUT2D eigenvalue weighted by Crippen LogP contribution is 2.38. The average Bonchev–Trinajstić information content (AvgIpc) is 3.24. The molecule has 4 aromatic rings. The standard InChI is InChI=1S/C26H29N7O3S/c1-4-27-24(35)32-25-31-21-9-17(18-10-29-23(15(2)34)30-11-18)8-19(22(21)37-25)20-7-16(5-6-28-20)12-33-13-26(3,36)14-33/h5-11,15,34,36H,4,12-14H2,1-3H3,(H2,27,31,32,35). The van der Waals surface area contributed by atoms with Gasteiger partial charge < -0.3 is 15.5 Å². The van der Waals surface area contributed by atoms with Crippen LogP contribution in [0.5, 0.6) is 0 Å². The molecule has 0 spiro atoms. The summed E-state index contributed by atoms with van der Waals surface area (Å²) >= 11 is 1.39. The van der Waals surface area contributed by atoms with Crippen LogP contribution < -0.4 is 10.6 Å². The van der Waals surface area contributed by atoms with Gasteiger partial charge in [-0.2, -0.15) is 0 Å². The van der Waals surface area contributed by atoms with Crippen LogP contribution in [0.1, 0.15) is 38.3 Å². The van der Waals surface area contributed by atoms with Crippen molar-refractivity contribution in [2.24, 2.45) is 0 Å². The molecule has 0 bridgehead atoms. The van der Waals surface area contributed by atoms with Crippen LogP contribution in [0.25, 0.3) is 32.6 Å². The minimum Gasteiger partial charge on any atom is -0.388 e. The number of fused-ring (bicyclic) bond motifs is 1. The predicted molar refractivity (Wildman–Crippen MR) is 143 cm³/mol. The number of nitrogens with zero attached hydrogens (tertiary/aromatic N) is 5. The second-order valence-corrected chi connectivity index (χ2v) is 10.6. The summed E-state index contributed by atoms with van der Waals surface area (Å²) in [5, 5.41) is 25.9. The number of aromatic nitrogens is 4. The third kappa shape index (κ3) is 5.59. The summed E-state index contributed by atoms with van der Waals surface area (Å²) in [6.45, 7) is 7.82. The van der Waals surface area contributed by atoms with Crippen molar-refractivity contribution >= 4 is 32.7 Å². The maximum atomic E-state index is 12.1. The number of aliphatic hydroxyl groups excluding tert-OH is 1. The normalized spacial score (nSPS) is 15.8. The van der Waals surface area contributed by atoms with Gasteiger partial charge in [0.25, 0.3) is 0 Å². The summed E-state index contributed by atoms with van der Waals surface area (Å²) in [6.07, 6.45) is 4.39. The Morgan fingerprint density at radius 2 is 1.95 bits per heavy atom. The monoisotopic (exact) mass is 519 g/mol. The van der Waals surface area contributed by atoms with Gasteiger partial charge >= 0.3 is 6.03 Å². The zero-order valence-electron chi connectivity index (χ0n) is 20.9. The molecule has 37 heavy (non-hydrogen) atoms. The Morgan fingerprint density at radius 1 is 1.19 bits per heavy atom. The van der Waals surface area contributed by atoms with E-state index < -0.39 is 11.7 Å². The lowest BCUT2D eigenvalue weighted by Crippen LogP contribution is -2.59. The quantitative estimate of drug-likeness (QED) is 0.291. The Balaban J connectivity index is 1.55. The largest absolute Gasteiger partial charge is 0.388 e. The van der Waals surface area contributed by atoms with Crippen molar-refractivity contribution in [3.63, 3.8) is 0 Å². The van der Waals surface area contributed by atoms with Gasteiger partial charge in [0, 0.05) is 55.9 Å². The van der Waals surface area contributed by atoms with Crippen LogP contribution in [0, 0.1) is 0 Å². The molecule has 11 heteroatoms. The average molecular weight is 520 g/mol. The highest BCUT2D eigenvalue weighted by molar-refractivity contribution is 7.22. The molecule has 1 saturated heterocycles. The molecule has 1 fully saturated rings. The molecule has 1 atom stereocenters. The van der Waals surface area contributed by atoms with Crippen LogP contribution in [0.4, 0.5) is 9.93 Å². The van der Waals surface area contributed by atoms with Crippen LogP contribution in [0.15, 0.2) is 42.9 Å². The number of carbonyl (C=O) groups is 1. The number of urea groups is 1. The SMILES string of the molecule is CCNC(=O)Nc1nc2cc(-c3cnc(C(C)O)nc3)cc(-c3cc(CN4CC(C)(O)C4)ccn3)c2s1. The molecule has 4 heterocycles. The molecule has 10 nitrogen and oxygen atoms in total. The van der Waals surface area contributed by atoms with Gasteiger partial charge in [-0.3, -0.25) is 15.2 Å². The van der Waals surface area contributed by atoms with E-state index in [1.807, 2.05) is 32.0 Å². The van der Waals surface area contributed by atoms with Gasteiger partial charge in [-0.15, -0.1) is 0 Å². The number of hydrogen-bond acceptors (Lipinski definition) is 9. The van der Waals surface area contributed by atoms with E-state index in [1.165, 1.54) is 11.3 Å². The number of β-amino-alcohol motifs (C(OH)–C–C–N with tert-alkyl or cyclic N) is 1. The van der Waals surface area contributed by atoms with E-state index in [2.05, 4.69) is 41.5 Å². The van der Waals surface area contributed by atoms with E-state index in [1.54, 1.807) is 25.5 Å². The van der Waals surface area contributed by atoms with Crippen LogP contribution in [-0.2, 0) is 6.54 Å². The van der Waals surface area contributed by atoms with E-state index in [9.17, 15) is 15.0 Å². The Hall–Kier alpha value is -3.51. The topological polar surface area (TPSA) is 136 Å². The first-order valence-corrected chi connectivity index (χ1v) is 12.9. The smallest absolute Gasteiger partial charge is 0.321 e. The van der Waals surface area contributed by atoms with E-state index in [4.69, 9.17) is 0 Å². The molecule has 1 aromatic carbocycles. The highest BCUT2D eigenvalue weighted by atomic mass is 32.1. The molecule has 0 saturated carbocycles. The maximum absolute atomic E-state index is 12.1. The third-order valence-corrected chi connectivity index (χ3v) is 7.08. The number of pyridine rings is 1. The molecule has 4 N–H and O–H groups in total. The van der Waals surface area contributed by atoms with Gasteiger partial charge in [0.05, 0.1) is 21.5 Å². The summed E-state index contributed by atoms with van der Waals surface area (Å²) in [7, 11) is 0. The lowest BCUT2D eigenvalue weighted by molar-refractivity contribution is -0.0871. The first kappa shape index (κ1) is 25.2.